The third kappa shape index (κ3) is 3.34. The molecular formula is C16H26N2O. The Morgan fingerprint density at radius 2 is 2.00 bits per heavy atom. The fourth-order valence-electron chi connectivity index (χ4n) is 2.91. The average Bonchev–Trinajstić information content (AvgIpc) is 2.94. The fraction of sp³-hybridized carbons (Fsp3) is 0.625. The number of nitrogens with zero attached hydrogens (tertiary/aromatic N) is 1. The van der Waals surface area contributed by atoms with E-state index in [-0.39, 0.29) is 0 Å². The fourth-order valence-corrected chi connectivity index (χ4v) is 2.91. The Kier molecular flexibility index (Phi) is 4.94. The van der Waals surface area contributed by atoms with Crippen molar-refractivity contribution in [1.29, 1.82) is 0 Å². The third-order valence-corrected chi connectivity index (χ3v) is 3.90. The van der Waals surface area contributed by atoms with Crippen molar-refractivity contribution in [3.8, 4) is 5.75 Å². The van der Waals surface area contributed by atoms with Gasteiger partial charge in [-0.3, -0.25) is 0 Å². The SMILES string of the molecule is CCCOc1cc(N(CC)C2CCCC2)ccc1N. The monoisotopic (exact) mass is 262 g/mol. The van der Waals surface area contributed by atoms with Gasteiger partial charge in [-0.1, -0.05) is 19.8 Å². The number of nitrogen functional groups attached to an aromatic ring is 1. The Hall–Kier alpha value is -1.38. The van der Waals surface area contributed by atoms with Gasteiger partial charge in [0.15, 0.2) is 0 Å². The number of nitrogens with two attached hydrogens (primary N) is 1. The van der Waals surface area contributed by atoms with E-state index in [1.54, 1.807) is 0 Å². The zero-order chi connectivity index (χ0) is 13.7. The Balaban J connectivity index is 2.17. The third-order valence-electron chi connectivity index (χ3n) is 3.90. The molecule has 0 saturated heterocycles. The molecule has 0 bridgehead atoms. The minimum atomic E-state index is 0.688. The van der Waals surface area contributed by atoms with E-state index >= 15 is 0 Å². The van der Waals surface area contributed by atoms with Gasteiger partial charge in [0.05, 0.1) is 12.3 Å². The number of benzene rings is 1. The summed E-state index contributed by atoms with van der Waals surface area (Å²) in [5.74, 6) is 0.829. The number of ether oxygens (including phenoxy) is 1. The van der Waals surface area contributed by atoms with E-state index in [1.165, 1.54) is 31.4 Å². The molecule has 1 aliphatic carbocycles. The van der Waals surface area contributed by atoms with Gasteiger partial charge in [0.2, 0.25) is 0 Å². The van der Waals surface area contributed by atoms with E-state index in [0.717, 1.165) is 31.0 Å². The Morgan fingerprint density at radius 1 is 1.26 bits per heavy atom. The quantitative estimate of drug-likeness (QED) is 0.792. The van der Waals surface area contributed by atoms with Crippen molar-refractivity contribution in [3.63, 3.8) is 0 Å². The molecule has 0 aromatic heterocycles. The second-order valence-corrected chi connectivity index (χ2v) is 5.29. The zero-order valence-corrected chi connectivity index (χ0v) is 12.2. The highest BCUT2D eigenvalue weighted by molar-refractivity contribution is 5.62. The zero-order valence-electron chi connectivity index (χ0n) is 12.2. The van der Waals surface area contributed by atoms with Crippen LogP contribution in [0.4, 0.5) is 11.4 Å². The highest BCUT2D eigenvalue weighted by atomic mass is 16.5. The van der Waals surface area contributed by atoms with Crippen LogP contribution in [-0.2, 0) is 0 Å². The van der Waals surface area contributed by atoms with Gasteiger partial charge in [0.25, 0.3) is 0 Å². The molecule has 0 amide bonds. The lowest BCUT2D eigenvalue weighted by molar-refractivity contribution is 0.319. The summed E-state index contributed by atoms with van der Waals surface area (Å²) in [5.41, 5.74) is 7.96. The summed E-state index contributed by atoms with van der Waals surface area (Å²) in [6.45, 7) is 6.10. The van der Waals surface area contributed by atoms with Crippen LogP contribution >= 0.6 is 0 Å². The molecule has 0 atom stereocenters. The first-order chi connectivity index (χ1) is 9.26. The van der Waals surface area contributed by atoms with Gasteiger partial charge >= 0.3 is 0 Å². The summed E-state index contributed by atoms with van der Waals surface area (Å²) in [7, 11) is 0. The highest BCUT2D eigenvalue weighted by Gasteiger charge is 2.22. The second kappa shape index (κ2) is 6.69. The highest BCUT2D eigenvalue weighted by Crippen LogP contribution is 2.32. The van der Waals surface area contributed by atoms with Crippen molar-refractivity contribution < 1.29 is 4.74 Å². The van der Waals surface area contributed by atoms with Crippen LogP contribution in [0.15, 0.2) is 18.2 Å². The Morgan fingerprint density at radius 3 is 2.63 bits per heavy atom. The summed E-state index contributed by atoms with van der Waals surface area (Å²) < 4.78 is 5.73. The molecule has 3 heteroatoms. The van der Waals surface area contributed by atoms with Crippen LogP contribution in [0.5, 0.6) is 5.75 Å². The molecule has 1 saturated carbocycles. The van der Waals surface area contributed by atoms with Crippen LogP contribution in [-0.4, -0.2) is 19.2 Å². The summed E-state index contributed by atoms with van der Waals surface area (Å²) in [4.78, 5) is 2.49. The molecule has 0 heterocycles. The molecule has 0 aliphatic heterocycles. The number of hydrogen-bond donors (Lipinski definition) is 1. The maximum atomic E-state index is 5.98. The van der Waals surface area contributed by atoms with Crippen LogP contribution in [0.1, 0.15) is 46.0 Å². The predicted octanol–water partition coefficient (Wildman–Crippen LogP) is 3.83. The molecule has 2 N–H and O–H groups in total. The van der Waals surface area contributed by atoms with Crippen LogP contribution in [0.2, 0.25) is 0 Å². The molecule has 0 radical (unpaired) electrons. The first kappa shape index (κ1) is 14.0. The minimum Gasteiger partial charge on any atom is -0.491 e. The van der Waals surface area contributed by atoms with Crippen LogP contribution in [0.25, 0.3) is 0 Å². The molecule has 106 valence electrons. The average molecular weight is 262 g/mol. The van der Waals surface area contributed by atoms with E-state index in [2.05, 4.69) is 30.9 Å². The normalized spacial score (nSPS) is 15.7. The minimum absolute atomic E-state index is 0.688. The van der Waals surface area contributed by atoms with E-state index in [0.29, 0.717) is 6.04 Å². The summed E-state index contributed by atoms with van der Waals surface area (Å²) in [6.07, 6.45) is 6.33. The lowest BCUT2D eigenvalue weighted by Crippen LogP contribution is -2.32. The molecule has 1 aromatic carbocycles. The molecule has 0 unspecified atom stereocenters. The van der Waals surface area contributed by atoms with E-state index in [4.69, 9.17) is 10.5 Å². The maximum Gasteiger partial charge on any atom is 0.144 e. The number of anilines is 2. The van der Waals surface area contributed by atoms with Gasteiger partial charge in [-0.25, -0.2) is 0 Å². The molecule has 3 nitrogen and oxygen atoms in total. The van der Waals surface area contributed by atoms with Crippen LogP contribution < -0.4 is 15.4 Å². The van der Waals surface area contributed by atoms with Crippen molar-refractivity contribution >= 4 is 11.4 Å². The van der Waals surface area contributed by atoms with Crippen molar-refractivity contribution in [1.82, 2.24) is 0 Å². The number of rotatable bonds is 6. The lowest BCUT2D eigenvalue weighted by Gasteiger charge is -2.30. The summed E-state index contributed by atoms with van der Waals surface area (Å²) >= 11 is 0. The molecule has 1 aromatic rings. The van der Waals surface area contributed by atoms with E-state index in [1.807, 2.05) is 6.07 Å². The summed E-state index contributed by atoms with van der Waals surface area (Å²) in [6, 6.07) is 6.88. The molecule has 1 aliphatic rings. The Labute approximate surface area is 116 Å². The van der Waals surface area contributed by atoms with Crippen molar-refractivity contribution in [2.75, 3.05) is 23.8 Å². The molecular weight excluding hydrogens is 236 g/mol. The van der Waals surface area contributed by atoms with E-state index < -0.39 is 0 Å². The smallest absolute Gasteiger partial charge is 0.144 e. The molecule has 0 spiro atoms. The topological polar surface area (TPSA) is 38.5 Å². The molecule has 2 rings (SSSR count). The van der Waals surface area contributed by atoms with Crippen molar-refractivity contribution in [2.45, 2.75) is 52.0 Å². The van der Waals surface area contributed by atoms with Crippen LogP contribution in [0, 0.1) is 0 Å². The van der Waals surface area contributed by atoms with Crippen molar-refractivity contribution in [2.24, 2.45) is 0 Å². The van der Waals surface area contributed by atoms with Crippen molar-refractivity contribution in [3.05, 3.63) is 18.2 Å². The van der Waals surface area contributed by atoms with Gasteiger partial charge < -0.3 is 15.4 Å². The van der Waals surface area contributed by atoms with Gasteiger partial charge in [0, 0.05) is 24.3 Å². The standard InChI is InChI=1S/C16H26N2O/c1-3-11-19-16-12-14(9-10-15(16)17)18(4-2)13-7-5-6-8-13/h9-10,12-13H,3-8,11,17H2,1-2H3. The maximum absolute atomic E-state index is 5.98. The summed E-state index contributed by atoms with van der Waals surface area (Å²) in [5, 5.41) is 0. The first-order valence-corrected chi connectivity index (χ1v) is 7.55. The Bertz CT molecular complexity index is 400. The van der Waals surface area contributed by atoms with E-state index in [9.17, 15) is 0 Å². The molecule has 19 heavy (non-hydrogen) atoms. The van der Waals surface area contributed by atoms with Gasteiger partial charge in [-0.15, -0.1) is 0 Å². The number of hydrogen-bond acceptors (Lipinski definition) is 3. The lowest BCUT2D eigenvalue weighted by atomic mass is 10.1. The van der Waals surface area contributed by atoms with Crippen LogP contribution in [0.3, 0.4) is 0 Å². The second-order valence-electron chi connectivity index (χ2n) is 5.29. The molecule has 1 fully saturated rings. The largest absolute Gasteiger partial charge is 0.491 e. The predicted molar refractivity (Wildman–Crippen MR) is 81.9 cm³/mol. The van der Waals surface area contributed by atoms with Gasteiger partial charge in [-0.2, -0.15) is 0 Å². The first-order valence-electron chi connectivity index (χ1n) is 7.55. The van der Waals surface area contributed by atoms with Gasteiger partial charge in [0.1, 0.15) is 5.75 Å². The van der Waals surface area contributed by atoms with Gasteiger partial charge in [-0.05, 0) is 38.3 Å².